The highest BCUT2D eigenvalue weighted by molar-refractivity contribution is 6.35. The molecule has 0 radical (unpaired) electrons. The summed E-state index contributed by atoms with van der Waals surface area (Å²) in [5.74, 6) is -0.0320. The number of aliphatic hydroxyl groups is 1. The van der Waals surface area contributed by atoms with E-state index < -0.39 is 36.9 Å². The van der Waals surface area contributed by atoms with Crippen molar-refractivity contribution in [3.05, 3.63) is 64.1 Å². The summed E-state index contributed by atoms with van der Waals surface area (Å²) in [5, 5.41) is 14.5. The zero-order valence-electron chi connectivity index (χ0n) is 16.0. The Labute approximate surface area is 183 Å². The number of amides is 1. The number of carbonyl (C=O) groups is 1. The van der Waals surface area contributed by atoms with Gasteiger partial charge in [0.25, 0.3) is 0 Å². The Bertz CT molecular complexity index is 898. The second kappa shape index (κ2) is 9.09. The summed E-state index contributed by atoms with van der Waals surface area (Å²) in [7, 11) is 0. The van der Waals surface area contributed by atoms with Gasteiger partial charge >= 0.3 is 0 Å². The van der Waals surface area contributed by atoms with Crippen molar-refractivity contribution in [1.29, 1.82) is 0 Å². The fraction of sp³-hybridized carbons (Fsp3) is 0.381. The molecular formula is C21H21Cl2NO6. The van der Waals surface area contributed by atoms with Crippen molar-refractivity contribution in [3.63, 3.8) is 0 Å². The maximum Gasteiger partial charge on any atom is 0.223 e. The number of benzene rings is 2. The summed E-state index contributed by atoms with van der Waals surface area (Å²) in [6, 6.07) is 13.3. The Balaban J connectivity index is 1.55. The van der Waals surface area contributed by atoms with E-state index in [4.69, 9.17) is 42.1 Å². The highest BCUT2D eigenvalue weighted by atomic mass is 35.5. The SMILES string of the molecule is CC(=O)N[C@@H]1[C@H](Oc2ccc(Cl)cc2Cl)O[C@@H]2CO[C@H](c3ccccc3)O[C@@H]2[C@@H]1O. The number of halogens is 2. The molecule has 0 unspecified atom stereocenters. The fourth-order valence-corrected chi connectivity index (χ4v) is 4.01. The number of carbonyl (C=O) groups excluding carboxylic acids is 1. The first kappa shape index (κ1) is 21.4. The van der Waals surface area contributed by atoms with Crippen LogP contribution in [-0.2, 0) is 19.0 Å². The molecule has 0 saturated carbocycles. The molecule has 2 aliphatic heterocycles. The second-order valence-electron chi connectivity index (χ2n) is 7.13. The van der Waals surface area contributed by atoms with Gasteiger partial charge in [-0.2, -0.15) is 0 Å². The van der Waals surface area contributed by atoms with Crippen molar-refractivity contribution >= 4 is 29.1 Å². The number of nitrogens with one attached hydrogen (secondary N) is 1. The maximum atomic E-state index is 11.8. The van der Waals surface area contributed by atoms with Crippen LogP contribution in [0.4, 0.5) is 0 Å². The van der Waals surface area contributed by atoms with Crippen LogP contribution in [0.2, 0.25) is 10.0 Å². The summed E-state index contributed by atoms with van der Waals surface area (Å²) >= 11 is 12.1. The number of hydrogen-bond acceptors (Lipinski definition) is 6. The molecule has 0 aliphatic carbocycles. The monoisotopic (exact) mass is 453 g/mol. The molecule has 2 aromatic rings. The zero-order valence-corrected chi connectivity index (χ0v) is 17.5. The molecule has 1 amide bonds. The first-order valence-corrected chi connectivity index (χ1v) is 10.2. The van der Waals surface area contributed by atoms with Crippen LogP contribution in [0.15, 0.2) is 48.5 Å². The number of aliphatic hydroxyl groups excluding tert-OH is 1. The average Bonchev–Trinajstić information content (AvgIpc) is 2.73. The minimum absolute atomic E-state index is 0.183. The van der Waals surface area contributed by atoms with Gasteiger partial charge in [0, 0.05) is 17.5 Å². The third kappa shape index (κ3) is 4.56. The highest BCUT2D eigenvalue weighted by Gasteiger charge is 2.50. The minimum atomic E-state index is -1.10. The van der Waals surface area contributed by atoms with Crippen molar-refractivity contribution < 1.29 is 28.8 Å². The van der Waals surface area contributed by atoms with Crippen LogP contribution >= 0.6 is 23.2 Å². The van der Waals surface area contributed by atoms with Crippen LogP contribution in [0, 0.1) is 0 Å². The van der Waals surface area contributed by atoms with Crippen LogP contribution in [-0.4, -0.2) is 48.3 Å². The molecule has 160 valence electrons. The van der Waals surface area contributed by atoms with Crippen molar-refractivity contribution in [2.24, 2.45) is 0 Å². The van der Waals surface area contributed by atoms with E-state index in [-0.39, 0.29) is 17.5 Å². The lowest BCUT2D eigenvalue weighted by Crippen LogP contribution is -2.67. The van der Waals surface area contributed by atoms with Crippen molar-refractivity contribution in [1.82, 2.24) is 5.32 Å². The van der Waals surface area contributed by atoms with Crippen LogP contribution in [0.3, 0.4) is 0 Å². The van der Waals surface area contributed by atoms with E-state index in [1.54, 1.807) is 12.1 Å². The van der Waals surface area contributed by atoms with Crippen molar-refractivity contribution in [2.75, 3.05) is 6.61 Å². The molecule has 2 saturated heterocycles. The molecule has 2 aromatic carbocycles. The smallest absolute Gasteiger partial charge is 0.223 e. The molecule has 7 nitrogen and oxygen atoms in total. The summed E-state index contributed by atoms with van der Waals surface area (Å²) in [5.41, 5.74) is 0.825. The minimum Gasteiger partial charge on any atom is -0.461 e. The Morgan fingerprint density at radius 1 is 1.17 bits per heavy atom. The van der Waals surface area contributed by atoms with Gasteiger partial charge in [0.2, 0.25) is 12.2 Å². The third-order valence-electron chi connectivity index (χ3n) is 4.94. The van der Waals surface area contributed by atoms with Crippen molar-refractivity contribution in [2.45, 2.75) is 43.9 Å². The Hall–Kier alpha value is -1.87. The van der Waals surface area contributed by atoms with Gasteiger partial charge in [-0.15, -0.1) is 0 Å². The average molecular weight is 454 g/mol. The molecule has 0 aromatic heterocycles. The molecule has 4 rings (SSSR count). The fourth-order valence-electron chi connectivity index (χ4n) is 3.56. The van der Waals surface area contributed by atoms with Gasteiger partial charge in [-0.25, -0.2) is 0 Å². The van der Waals surface area contributed by atoms with E-state index in [1.807, 2.05) is 30.3 Å². The maximum absolute atomic E-state index is 11.8. The quantitative estimate of drug-likeness (QED) is 0.739. The molecule has 2 N–H and O–H groups in total. The van der Waals surface area contributed by atoms with Gasteiger partial charge in [-0.05, 0) is 18.2 Å². The molecule has 2 fully saturated rings. The first-order valence-electron chi connectivity index (χ1n) is 9.46. The molecule has 6 atom stereocenters. The molecular weight excluding hydrogens is 433 g/mol. The van der Waals surface area contributed by atoms with Crippen LogP contribution < -0.4 is 10.1 Å². The predicted molar refractivity (Wildman–Crippen MR) is 109 cm³/mol. The Kier molecular flexibility index (Phi) is 6.48. The van der Waals surface area contributed by atoms with Gasteiger partial charge < -0.3 is 29.4 Å². The van der Waals surface area contributed by atoms with Gasteiger partial charge in [0.05, 0.1) is 11.6 Å². The van der Waals surface area contributed by atoms with Crippen LogP contribution in [0.25, 0.3) is 0 Å². The van der Waals surface area contributed by atoms with Gasteiger partial charge in [0.15, 0.2) is 6.29 Å². The lowest BCUT2D eigenvalue weighted by molar-refractivity contribution is -0.333. The molecule has 0 spiro atoms. The lowest BCUT2D eigenvalue weighted by atomic mass is 9.95. The van der Waals surface area contributed by atoms with Crippen molar-refractivity contribution in [3.8, 4) is 5.75 Å². The van der Waals surface area contributed by atoms with Gasteiger partial charge in [-0.1, -0.05) is 53.5 Å². The molecule has 9 heteroatoms. The van der Waals surface area contributed by atoms with E-state index in [1.165, 1.54) is 13.0 Å². The lowest BCUT2D eigenvalue weighted by Gasteiger charge is -2.47. The van der Waals surface area contributed by atoms with Gasteiger partial charge in [0.1, 0.15) is 30.1 Å². The highest BCUT2D eigenvalue weighted by Crippen LogP contribution is 2.36. The molecule has 2 aliphatic rings. The first-order chi connectivity index (χ1) is 14.4. The molecule has 0 bridgehead atoms. The number of fused-ring (bicyclic) bond motifs is 1. The van der Waals surface area contributed by atoms with Gasteiger partial charge in [-0.3, -0.25) is 4.79 Å². The summed E-state index contributed by atoms with van der Waals surface area (Å²) in [6.07, 6.45) is -4.07. The van der Waals surface area contributed by atoms with E-state index in [2.05, 4.69) is 5.32 Å². The standard InChI is InChI=1S/C21H21Cl2NO6/c1-11(25)24-17-18(26)19-16(10-27-20(30-19)12-5-3-2-4-6-12)29-21(17)28-15-8-7-13(22)9-14(15)23/h2-9,16-21,26H,10H2,1H3,(H,24,25)/t16-,17+,18-,19+,20+,21-/m1/s1. The summed E-state index contributed by atoms with van der Waals surface area (Å²) in [6.45, 7) is 1.53. The second-order valence-corrected chi connectivity index (χ2v) is 7.97. The molecule has 2 heterocycles. The van der Waals surface area contributed by atoms with E-state index in [9.17, 15) is 9.90 Å². The largest absolute Gasteiger partial charge is 0.461 e. The molecule has 30 heavy (non-hydrogen) atoms. The Morgan fingerprint density at radius 2 is 1.93 bits per heavy atom. The normalized spacial score (nSPS) is 30.9. The third-order valence-corrected chi connectivity index (χ3v) is 5.47. The Morgan fingerprint density at radius 3 is 2.63 bits per heavy atom. The summed E-state index contributed by atoms with van der Waals surface area (Å²) in [4.78, 5) is 11.8. The zero-order chi connectivity index (χ0) is 21.3. The van der Waals surface area contributed by atoms with E-state index in [0.29, 0.717) is 10.8 Å². The predicted octanol–water partition coefficient (Wildman–Crippen LogP) is 3.08. The summed E-state index contributed by atoms with van der Waals surface area (Å²) < 4.78 is 23.7. The van der Waals surface area contributed by atoms with Crippen LogP contribution in [0.5, 0.6) is 5.75 Å². The number of hydrogen-bond donors (Lipinski definition) is 2. The van der Waals surface area contributed by atoms with Crippen LogP contribution in [0.1, 0.15) is 18.8 Å². The van der Waals surface area contributed by atoms with E-state index >= 15 is 0 Å². The van der Waals surface area contributed by atoms with E-state index in [0.717, 1.165) is 5.56 Å². The number of ether oxygens (including phenoxy) is 4. The number of rotatable bonds is 4. The topological polar surface area (TPSA) is 86.3 Å².